The second-order valence-corrected chi connectivity index (χ2v) is 2.87. The zero-order chi connectivity index (χ0) is 6.85. The van der Waals surface area contributed by atoms with Crippen LogP contribution in [0.25, 0.3) is 0 Å². The number of ketones is 1. The molecular weight excluding hydrogens is 140 g/mol. The highest BCUT2D eigenvalue weighted by Crippen LogP contribution is 2.15. The lowest BCUT2D eigenvalue weighted by Gasteiger charge is -2.11. The monoisotopic (exact) mass is 146 g/mol. The quantitative estimate of drug-likeness (QED) is 0.471. The molecule has 0 bridgehead atoms. The van der Waals surface area contributed by atoms with E-state index in [4.69, 9.17) is 5.11 Å². The van der Waals surface area contributed by atoms with E-state index in [1.54, 1.807) is 0 Å². The Balaban J connectivity index is 2.62. The van der Waals surface area contributed by atoms with Crippen LogP contribution in [0, 0.1) is 0 Å². The zero-order valence-corrected chi connectivity index (χ0v) is 5.48. The molecule has 0 amide bonds. The van der Waals surface area contributed by atoms with Gasteiger partial charge < -0.3 is 5.11 Å². The first-order chi connectivity index (χ1) is 4.22. The van der Waals surface area contributed by atoms with E-state index < -0.39 is 17.0 Å². The molecule has 0 saturated carbocycles. The number of carbonyl (C=O) groups excluding carboxylic acids is 2. The summed E-state index contributed by atoms with van der Waals surface area (Å²) in [6, 6.07) is 0. The van der Waals surface area contributed by atoms with Gasteiger partial charge >= 0.3 is 0 Å². The molecule has 4 heteroatoms. The number of hydrogen-bond acceptors (Lipinski definition) is 4. The Morgan fingerprint density at radius 3 is 2.67 bits per heavy atom. The largest absolute Gasteiger partial charge is 0.385 e. The van der Waals surface area contributed by atoms with Gasteiger partial charge in [0.2, 0.25) is 5.78 Å². The minimum atomic E-state index is -1.03. The van der Waals surface area contributed by atoms with Crippen molar-refractivity contribution in [2.75, 3.05) is 5.75 Å². The van der Waals surface area contributed by atoms with Crippen molar-refractivity contribution in [3.63, 3.8) is 0 Å². The first-order valence-electron chi connectivity index (χ1n) is 2.61. The third-order valence-corrected chi connectivity index (χ3v) is 2.03. The number of thioether (sulfide) groups is 1. The van der Waals surface area contributed by atoms with Gasteiger partial charge in [0.05, 0.1) is 0 Å². The highest BCUT2D eigenvalue weighted by Gasteiger charge is 2.27. The van der Waals surface area contributed by atoms with Crippen LogP contribution in [0.2, 0.25) is 0 Å². The van der Waals surface area contributed by atoms with Crippen molar-refractivity contribution in [2.45, 2.75) is 12.5 Å². The van der Waals surface area contributed by atoms with Crippen molar-refractivity contribution in [3.8, 4) is 0 Å². The molecule has 0 aromatic rings. The van der Waals surface area contributed by atoms with Crippen molar-refractivity contribution in [1.29, 1.82) is 0 Å². The van der Waals surface area contributed by atoms with Gasteiger partial charge in [-0.05, 0) is 6.42 Å². The van der Waals surface area contributed by atoms with Crippen LogP contribution < -0.4 is 0 Å². The second kappa shape index (κ2) is 2.49. The molecule has 3 nitrogen and oxygen atoms in total. The number of aliphatic hydroxyl groups is 1. The first kappa shape index (κ1) is 6.77. The summed E-state index contributed by atoms with van der Waals surface area (Å²) in [7, 11) is 0. The van der Waals surface area contributed by atoms with Crippen molar-refractivity contribution in [2.24, 2.45) is 0 Å². The van der Waals surface area contributed by atoms with Gasteiger partial charge in [0.25, 0.3) is 5.12 Å². The molecule has 0 aliphatic carbocycles. The Hall–Kier alpha value is -0.350. The summed E-state index contributed by atoms with van der Waals surface area (Å²) in [6.07, 6.45) is -0.617. The molecule has 1 saturated heterocycles. The van der Waals surface area contributed by atoms with E-state index in [1.807, 2.05) is 0 Å². The fraction of sp³-hybridized carbons (Fsp3) is 0.600. The van der Waals surface area contributed by atoms with Crippen LogP contribution in [0.15, 0.2) is 0 Å². The van der Waals surface area contributed by atoms with E-state index in [-0.39, 0.29) is 0 Å². The molecule has 9 heavy (non-hydrogen) atoms. The average molecular weight is 146 g/mol. The molecule has 1 aliphatic heterocycles. The van der Waals surface area contributed by atoms with Crippen molar-refractivity contribution in [3.05, 3.63) is 0 Å². The fourth-order valence-corrected chi connectivity index (χ4v) is 1.41. The molecule has 1 atom stereocenters. The van der Waals surface area contributed by atoms with Gasteiger partial charge in [-0.15, -0.1) is 0 Å². The maximum Gasteiger partial charge on any atom is 0.257 e. The normalized spacial score (nSPS) is 28.8. The molecule has 1 N–H and O–H groups in total. The zero-order valence-electron chi connectivity index (χ0n) is 4.66. The minimum Gasteiger partial charge on any atom is -0.385 e. The summed E-state index contributed by atoms with van der Waals surface area (Å²) in [5, 5.41) is 8.26. The van der Waals surface area contributed by atoms with Gasteiger partial charge in [-0.2, -0.15) is 0 Å². The molecule has 0 aromatic heterocycles. The van der Waals surface area contributed by atoms with Gasteiger partial charge in [0, 0.05) is 5.75 Å². The highest BCUT2D eigenvalue weighted by atomic mass is 32.2. The van der Waals surface area contributed by atoms with E-state index in [1.165, 1.54) is 0 Å². The molecule has 1 fully saturated rings. The standard InChI is InChI=1S/C5H6O3S/c6-3-1-2-9-5(8)4(3)7/h3,6H,1-2H2. The summed E-state index contributed by atoms with van der Waals surface area (Å²) < 4.78 is 0. The van der Waals surface area contributed by atoms with Crippen molar-refractivity contribution in [1.82, 2.24) is 0 Å². The summed E-state index contributed by atoms with van der Waals surface area (Å²) in [5.41, 5.74) is 0. The second-order valence-electron chi connectivity index (χ2n) is 1.80. The molecule has 50 valence electrons. The van der Waals surface area contributed by atoms with Crippen LogP contribution in [-0.4, -0.2) is 27.9 Å². The van der Waals surface area contributed by atoms with Crippen LogP contribution in [0.4, 0.5) is 0 Å². The van der Waals surface area contributed by atoms with Crippen LogP contribution in [0.1, 0.15) is 6.42 Å². The van der Waals surface area contributed by atoms with Gasteiger partial charge in [-0.25, -0.2) is 0 Å². The maximum atomic E-state index is 10.5. The summed E-state index contributed by atoms with van der Waals surface area (Å²) in [6.45, 7) is 0. The average Bonchev–Trinajstić information content (AvgIpc) is 1.83. The molecule has 1 unspecified atom stereocenters. The molecule has 0 spiro atoms. The predicted octanol–water partition coefficient (Wildman–Crippen LogP) is -0.420. The Kier molecular flexibility index (Phi) is 1.87. The molecule has 0 aromatic carbocycles. The van der Waals surface area contributed by atoms with Crippen LogP contribution >= 0.6 is 11.8 Å². The van der Waals surface area contributed by atoms with Gasteiger partial charge in [0.1, 0.15) is 6.10 Å². The lowest BCUT2D eigenvalue weighted by molar-refractivity contribution is -0.137. The first-order valence-corrected chi connectivity index (χ1v) is 3.59. The van der Waals surface area contributed by atoms with Gasteiger partial charge in [-0.1, -0.05) is 11.8 Å². The summed E-state index contributed by atoms with van der Waals surface area (Å²) >= 11 is 0.981. The Bertz CT molecular complexity index is 154. The highest BCUT2D eigenvalue weighted by molar-refractivity contribution is 8.15. The van der Waals surface area contributed by atoms with E-state index >= 15 is 0 Å². The van der Waals surface area contributed by atoms with Crippen LogP contribution in [0.3, 0.4) is 0 Å². The topological polar surface area (TPSA) is 54.4 Å². The van der Waals surface area contributed by atoms with E-state index in [9.17, 15) is 9.59 Å². The third-order valence-electron chi connectivity index (χ3n) is 1.13. The number of rotatable bonds is 0. The Morgan fingerprint density at radius 1 is 1.56 bits per heavy atom. The predicted molar refractivity (Wildman–Crippen MR) is 33.1 cm³/mol. The fourth-order valence-electron chi connectivity index (χ4n) is 0.602. The van der Waals surface area contributed by atoms with E-state index in [0.717, 1.165) is 11.8 Å². The third kappa shape index (κ3) is 1.31. The van der Waals surface area contributed by atoms with Crippen molar-refractivity contribution < 1.29 is 14.7 Å². The molecule has 1 rings (SSSR count). The van der Waals surface area contributed by atoms with E-state index in [0.29, 0.717) is 12.2 Å². The van der Waals surface area contributed by atoms with E-state index in [2.05, 4.69) is 0 Å². The number of hydrogen-bond donors (Lipinski definition) is 1. The Labute approximate surface area is 56.4 Å². The lowest BCUT2D eigenvalue weighted by Crippen LogP contribution is -2.31. The Morgan fingerprint density at radius 2 is 2.22 bits per heavy atom. The molecule has 0 radical (unpaired) electrons. The van der Waals surface area contributed by atoms with Gasteiger partial charge in [-0.3, -0.25) is 9.59 Å². The SMILES string of the molecule is O=C1SCCC(O)C1=O. The smallest absolute Gasteiger partial charge is 0.257 e. The maximum absolute atomic E-state index is 10.5. The van der Waals surface area contributed by atoms with Crippen LogP contribution in [0.5, 0.6) is 0 Å². The van der Waals surface area contributed by atoms with Gasteiger partial charge in [0.15, 0.2) is 0 Å². The number of aliphatic hydroxyl groups excluding tert-OH is 1. The number of Topliss-reactive ketones (excluding diaryl/α,β-unsaturated/α-hetero) is 1. The summed E-state index contributed by atoms with van der Waals surface area (Å²) in [5.74, 6) is -0.0857. The molecular formula is C5H6O3S. The molecule has 1 aliphatic rings. The van der Waals surface area contributed by atoms with Crippen molar-refractivity contribution >= 4 is 22.7 Å². The summed E-state index contributed by atoms with van der Waals surface area (Å²) in [4.78, 5) is 21.0. The number of carbonyl (C=O) groups is 2. The minimum absolute atomic E-state index is 0.412. The molecule has 1 heterocycles. The lowest BCUT2D eigenvalue weighted by atomic mass is 10.2. The van der Waals surface area contributed by atoms with Crippen LogP contribution in [-0.2, 0) is 9.59 Å².